The van der Waals surface area contributed by atoms with Crippen molar-refractivity contribution in [3.05, 3.63) is 230 Å². The molecule has 1 heterocycles. The lowest BCUT2D eigenvalue weighted by Gasteiger charge is -2.14. The van der Waals surface area contributed by atoms with Crippen LogP contribution in [0.1, 0.15) is 5.56 Å². The van der Waals surface area contributed by atoms with Gasteiger partial charge in [-0.05, 0) is 84.6 Å². The number of benzene rings is 9. The highest BCUT2D eigenvalue weighted by Crippen LogP contribution is 2.38. The van der Waals surface area contributed by atoms with Crippen molar-refractivity contribution in [1.29, 1.82) is 5.26 Å². The van der Waals surface area contributed by atoms with Crippen LogP contribution in [0.2, 0.25) is 0 Å². The van der Waals surface area contributed by atoms with Crippen molar-refractivity contribution in [3.8, 4) is 95.6 Å². The molecule has 3 heteroatoms. The quantitative estimate of drug-likeness (QED) is 0.155. The minimum absolute atomic E-state index is 0.659. The fraction of sp³-hybridized carbons (Fsp3) is 0. The van der Waals surface area contributed by atoms with Gasteiger partial charge >= 0.3 is 0 Å². The molecule has 0 unspecified atom stereocenters. The summed E-state index contributed by atoms with van der Waals surface area (Å²) in [5.41, 5.74) is 16.8. The second-order valence-corrected chi connectivity index (χ2v) is 14.9. The summed E-state index contributed by atoms with van der Waals surface area (Å²) in [6, 6.07) is 80.5. The van der Waals surface area contributed by atoms with Crippen molar-refractivity contribution in [2.24, 2.45) is 0 Å². The number of nitrogens with zero attached hydrogens (tertiary/aromatic N) is 3. The maximum atomic E-state index is 9.39. The molecular weight excluding hydrogens is 727 g/mol. The van der Waals surface area contributed by atoms with Gasteiger partial charge < -0.3 is 0 Å². The van der Waals surface area contributed by atoms with Gasteiger partial charge in [0.15, 0.2) is 5.82 Å². The van der Waals surface area contributed by atoms with Crippen LogP contribution in [0, 0.1) is 11.3 Å². The van der Waals surface area contributed by atoms with Crippen molar-refractivity contribution >= 4 is 10.8 Å². The zero-order chi connectivity index (χ0) is 40.3. The summed E-state index contributed by atoms with van der Waals surface area (Å²) in [5, 5.41) is 11.8. The van der Waals surface area contributed by atoms with Gasteiger partial charge in [-0.25, -0.2) is 9.97 Å². The second-order valence-electron chi connectivity index (χ2n) is 14.9. The molecule has 0 bridgehead atoms. The summed E-state index contributed by atoms with van der Waals surface area (Å²) in [4.78, 5) is 10.3. The first kappa shape index (κ1) is 36.2. The van der Waals surface area contributed by atoms with E-state index in [1.54, 1.807) is 0 Å². The molecule has 1 aromatic heterocycles. The van der Waals surface area contributed by atoms with E-state index in [0.29, 0.717) is 11.4 Å². The number of nitriles is 1. The van der Waals surface area contributed by atoms with Crippen LogP contribution >= 0.6 is 0 Å². The zero-order valence-electron chi connectivity index (χ0n) is 32.7. The van der Waals surface area contributed by atoms with Crippen molar-refractivity contribution < 1.29 is 0 Å². The predicted octanol–water partition coefficient (Wildman–Crippen LogP) is 14.8. The van der Waals surface area contributed by atoms with Gasteiger partial charge in [-0.2, -0.15) is 5.26 Å². The van der Waals surface area contributed by atoms with Crippen LogP contribution in [0.25, 0.3) is 100 Å². The molecule has 0 aliphatic carbocycles. The molecule has 280 valence electrons. The molecule has 0 aliphatic rings. The van der Waals surface area contributed by atoms with Gasteiger partial charge in [0.05, 0.1) is 23.0 Å². The maximum Gasteiger partial charge on any atom is 0.160 e. The van der Waals surface area contributed by atoms with Crippen molar-refractivity contribution in [2.75, 3.05) is 0 Å². The monoisotopic (exact) mass is 763 g/mol. The van der Waals surface area contributed by atoms with Crippen molar-refractivity contribution in [2.45, 2.75) is 0 Å². The highest BCUT2D eigenvalue weighted by molar-refractivity contribution is 6.05. The lowest BCUT2D eigenvalue weighted by Crippen LogP contribution is -1.96. The molecule has 0 atom stereocenters. The number of hydrogen-bond donors (Lipinski definition) is 0. The summed E-state index contributed by atoms with van der Waals surface area (Å²) < 4.78 is 0. The molecule has 0 saturated heterocycles. The van der Waals surface area contributed by atoms with Crippen molar-refractivity contribution in [3.63, 3.8) is 0 Å². The Morgan fingerprint density at radius 2 is 0.650 bits per heavy atom. The van der Waals surface area contributed by atoms with Gasteiger partial charge in [0.2, 0.25) is 0 Å². The average molecular weight is 764 g/mol. The summed E-state index contributed by atoms with van der Waals surface area (Å²) in [6.07, 6.45) is 0. The molecule has 0 saturated carbocycles. The van der Waals surface area contributed by atoms with E-state index in [2.05, 4.69) is 194 Å². The summed E-state index contributed by atoms with van der Waals surface area (Å²) in [7, 11) is 0. The molecule has 9 aromatic carbocycles. The highest BCUT2D eigenvalue weighted by atomic mass is 14.9. The Bertz CT molecular complexity index is 3050. The Labute approximate surface area is 350 Å². The topological polar surface area (TPSA) is 49.6 Å². The Morgan fingerprint density at radius 1 is 0.283 bits per heavy atom. The summed E-state index contributed by atoms with van der Waals surface area (Å²) >= 11 is 0. The molecule has 0 amide bonds. The van der Waals surface area contributed by atoms with Gasteiger partial charge in [-0.15, -0.1) is 0 Å². The zero-order valence-corrected chi connectivity index (χ0v) is 32.7. The maximum absolute atomic E-state index is 9.39. The highest BCUT2D eigenvalue weighted by Gasteiger charge is 2.14. The molecule has 0 radical (unpaired) electrons. The Hall–Kier alpha value is -8.19. The number of hydrogen-bond acceptors (Lipinski definition) is 3. The molecule has 3 nitrogen and oxygen atoms in total. The molecule has 0 N–H and O–H groups in total. The van der Waals surface area contributed by atoms with E-state index < -0.39 is 0 Å². The van der Waals surface area contributed by atoms with E-state index in [1.165, 1.54) is 44.2 Å². The fourth-order valence-corrected chi connectivity index (χ4v) is 8.01. The Balaban J connectivity index is 0.993. The average Bonchev–Trinajstić information content (AvgIpc) is 3.34. The van der Waals surface area contributed by atoms with E-state index >= 15 is 0 Å². The first-order chi connectivity index (χ1) is 29.7. The van der Waals surface area contributed by atoms with Gasteiger partial charge in [-0.3, -0.25) is 0 Å². The van der Waals surface area contributed by atoms with Crippen molar-refractivity contribution in [1.82, 2.24) is 9.97 Å². The van der Waals surface area contributed by atoms with Crippen LogP contribution in [0.15, 0.2) is 224 Å². The molecule has 0 fully saturated rings. The summed E-state index contributed by atoms with van der Waals surface area (Å²) in [5.74, 6) is 0.677. The number of rotatable bonds is 8. The van der Waals surface area contributed by atoms with E-state index in [-0.39, 0.29) is 0 Å². The minimum Gasteiger partial charge on any atom is -0.228 e. The third-order valence-corrected chi connectivity index (χ3v) is 11.2. The van der Waals surface area contributed by atoms with E-state index in [1.807, 2.05) is 36.4 Å². The lowest BCUT2D eigenvalue weighted by atomic mass is 9.91. The first-order valence-corrected chi connectivity index (χ1v) is 20.1. The largest absolute Gasteiger partial charge is 0.228 e. The standard InChI is InChI=1S/C57H37N3/c58-38-39-10-9-15-50(36-39)44-18-24-45(25-19-44)51-34-35-52(54-17-8-7-16-53(51)54)46-26-32-49(33-27-46)57-59-55(47-28-20-42(21-29-47)40-11-3-1-4-12-40)37-56(60-57)48-30-22-43(23-31-48)41-13-5-2-6-14-41/h1-37H. The Morgan fingerprint density at radius 3 is 1.12 bits per heavy atom. The molecule has 0 aliphatic heterocycles. The van der Waals surface area contributed by atoms with E-state index in [9.17, 15) is 5.26 Å². The fourth-order valence-electron chi connectivity index (χ4n) is 8.01. The van der Waals surface area contributed by atoms with E-state index in [4.69, 9.17) is 9.97 Å². The molecule has 60 heavy (non-hydrogen) atoms. The number of aromatic nitrogens is 2. The van der Waals surface area contributed by atoms with Crippen LogP contribution in [-0.2, 0) is 0 Å². The third-order valence-electron chi connectivity index (χ3n) is 11.2. The molecule has 10 rings (SSSR count). The first-order valence-electron chi connectivity index (χ1n) is 20.1. The summed E-state index contributed by atoms with van der Waals surface area (Å²) in [6.45, 7) is 0. The molecular formula is C57H37N3. The van der Waals surface area contributed by atoms with Crippen LogP contribution in [0.5, 0.6) is 0 Å². The predicted molar refractivity (Wildman–Crippen MR) is 248 cm³/mol. The van der Waals surface area contributed by atoms with Crippen LogP contribution in [-0.4, -0.2) is 9.97 Å². The number of fused-ring (bicyclic) bond motifs is 1. The Kier molecular flexibility index (Phi) is 9.64. The van der Waals surface area contributed by atoms with Crippen LogP contribution < -0.4 is 0 Å². The van der Waals surface area contributed by atoms with Gasteiger partial charge in [0.1, 0.15) is 0 Å². The SMILES string of the molecule is N#Cc1cccc(-c2ccc(-c3ccc(-c4ccc(-c5nc(-c6ccc(-c7ccccc7)cc6)cc(-c6ccc(-c7ccccc7)cc6)n5)cc4)c4ccccc34)cc2)c1. The molecule has 10 aromatic rings. The van der Waals surface area contributed by atoms with Gasteiger partial charge in [0, 0.05) is 16.7 Å². The third kappa shape index (κ3) is 7.26. The normalized spacial score (nSPS) is 11.0. The minimum atomic E-state index is 0.659. The van der Waals surface area contributed by atoms with E-state index in [0.717, 1.165) is 50.3 Å². The van der Waals surface area contributed by atoms with Gasteiger partial charge in [0.25, 0.3) is 0 Å². The smallest absolute Gasteiger partial charge is 0.160 e. The lowest BCUT2D eigenvalue weighted by molar-refractivity contribution is 1.18. The molecule has 0 spiro atoms. The second kappa shape index (κ2) is 16.0. The van der Waals surface area contributed by atoms with Crippen LogP contribution in [0.4, 0.5) is 0 Å². The van der Waals surface area contributed by atoms with Gasteiger partial charge in [-0.1, -0.05) is 206 Å². The van der Waals surface area contributed by atoms with Crippen LogP contribution in [0.3, 0.4) is 0 Å².